The number of aryl methyl sites for hydroxylation is 1. The Bertz CT molecular complexity index is 1140. The van der Waals surface area contributed by atoms with Crippen molar-refractivity contribution in [1.29, 1.82) is 0 Å². The summed E-state index contributed by atoms with van der Waals surface area (Å²) >= 11 is 0. The molecule has 0 bridgehead atoms. The van der Waals surface area contributed by atoms with E-state index in [9.17, 15) is 9.59 Å². The van der Waals surface area contributed by atoms with Gasteiger partial charge in [0.15, 0.2) is 5.69 Å². The Balaban J connectivity index is 1.73. The first-order valence-corrected chi connectivity index (χ1v) is 7.69. The molecule has 0 aliphatic heterocycles. The molecule has 0 amide bonds. The van der Waals surface area contributed by atoms with Crippen molar-refractivity contribution in [3.8, 4) is 5.69 Å². The minimum atomic E-state index is -0.686. The number of rotatable bonds is 3. The van der Waals surface area contributed by atoms with Crippen molar-refractivity contribution in [2.24, 2.45) is 0 Å². The molecule has 122 valence electrons. The lowest BCUT2D eigenvalue weighted by Gasteiger charge is -2.00. The second-order valence-corrected chi connectivity index (χ2v) is 5.70. The maximum atomic E-state index is 12.6. The van der Waals surface area contributed by atoms with E-state index in [1.54, 1.807) is 18.2 Å². The molecule has 0 unspecified atom stereocenters. The second kappa shape index (κ2) is 5.83. The number of aromatic nitrogens is 3. The molecule has 4 aromatic rings. The van der Waals surface area contributed by atoms with E-state index in [1.807, 2.05) is 37.3 Å². The van der Waals surface area contributed by atoms with Crippen molar-refractivity contribution >= 4 is 16.8 Å². The lowest BCUT2D eigenvalue weighted by molar-refractivity contribution is 0.103. The molecule has 0 aliphatic carbocycles. The summed E-state index contributed by atoms with van der Waals surface area (Å²) in [6.07, 6.45) is 1.50. The topological polar surface area (TPSA) is 78.0 Å². The van der Waals surface area contributed by atoms with Crippen LogP contribution in [0.1, 0.15) is 21.6 Å². The van der Waals surface area contributed by atoms with Crippen LogP contribution in [0.25, 0.3) is 16.7 Å². The van der Waals surface area contributed by atoms with Crippen LogP contribution in [0.2, 0.25) is 0 Å². The van der Waals surface area contributed by atoms with Crippen molar-refractivity contribution in [3.63, 3.8) is 0 Å². The maximum Gasteiger partial charge on any atom is 0.347 e. The van der Waals surface area contributed by atoms with Crippen molar-refractivity contribution in [1.82, 2.24) is 15.0 Å². The van der Waals surface area contributed by atoms with Gasteiger partial charge in [-0.1, -0.05) is 41.1 Å². The van der Waals surface area contributed by atoms with Crippen LogP contribution in [0, 0.1) is 6.92 Å². The highest BCUT2D eigenvalue weighted by atomic mass is 16.4. The highest BCUT2D eigenvalue weighted by Gasteiger charge is 2.19. The lowest BCUT2D eigenvalue weighted by Crippen LogP contribution is -2.15. The first-order chi connectivity index (χ1) is 12.1. The van der Waals surface area contributed by atoms with Crippen molar-refractivity contribution in [2.45, 2.75) is 6.92 Å². The summed E-state index contributed by atoms with van der Waals surface area (Å²) in [6, 6.07) is 16.2. The number of hydrogen-bond donors (Lipinski definition) is 0. The molecule has 0 spiro atoms. The fraction of sp³-hybridized carbons (Fsp3) is 0.0526. The predicted molar refractivity (Wildman–Crippen MR) is 92.0 cm³/mol. The van der Waals surface area contributed by atoms with Gasteiger partial charge in [0.05, 0.1) is 11.9 Å². The fourth-order valence-electron chi connectivity index (χ4n) is 2.55. The third-order valence-corrected chi connectivity index (χ3v) is 3.91. The lowest BCUT2D eigenvalue weighted by atomic mass is 10.1. The molecule has 6 nitrogen and oxygen atoms in total. The van der Waals surface area contributed by atoms with E-state index < -0.39 is 11.4 Å². The van der Waals surface area contributed by atoms with Crippen LogP contribution in [0.5, 0.6) is 0 Å². The Labute approximate surface area is 142 Å². The second-order valence-electron chi connectivity index (χ2n) is 5.70. The van der Waals surface area contributed by atoms with Gasteiger partial charge in [0.25, 0.3) is 0 Å². The highest BCUT2D eigenvalue weighted by Crippen LogP contribution is 2.15. The molecule has 6 heteroatoms. The molecule has 2 aromatic carbocycles. The summed E-state index contributed by atoms with van der Waals surface area (Å²) in [7, 11) is 0. The smallest absolute Gasteiger partial charge is 0.347 e. The molecule has 2 heterocycles. The molecular weight excluding hydrogens is 318 g/mol. The molecule has 0 atom stereocenters. The van der Waals surface area contributed by atoms with Gasteiger partial charge < -0.3 is 4.42 Å². The molecule has 0 saturated carbocycles. The Hall–Kier alpha value is -3.54. The largest absolute Gasteiger partial charge is 0.422 e. The van der Waals surface area contributed by atoms with E-state index in [1.165, 1.54) is 16.9 Å². The number of carbonyl (C=O) groups is 1. The number of para-hydroxylation sites is 1. The zero-order chi connectivity index (χ0) is 17.4. The summed E-state index contributed by atoms with van der Waals surface area (Å²) in [6.45, 7) is 1.99. The normalized spacial score (nSPS) is 10.9. The number of carbonyl (C=O) groups excluding carboxylic acids is 1. The Morgan fingerprint density at radius 1 is 1.08 bits per heavy atom. The summed E-state index contributed by atoms with van der Waals surface area (Å²) in [5, 5.41) is 8.54. The van der Waals surface area contributed by atoms with Gasteiger partial charge in [0, 0.05) is 5.39 Å². The van der Waals surface area contributed by atoms with E-state index in [0.717, 1.165) is 11.3 Å². The quantitative estimate of drug-likeness (QED) is 0.426. The summed E-state index contributed by atoms with van der Waals surface area (Å²) in [5.41, 5.74) is 1.68. The molecule has 0 N–H and O–H groups in total. The first kappa shape index (κ1) is 15.0. The van der Waals surface area contributed by atoms with Crippen molar-refractivity contribution in [3.05, 3.63) is 88.0 Å². The molecule has 2 aromatic heterocycles. The SMILES string of the molecule is Cc1ccc(-n2cc(C(=O)c3cc4ccccc4oc3=O)nn2)cc1. The summed E-state index contributed by atoms with van der Waals surface area (Å²) in [5.74, 6) is -0.516. The molecule has 0 fully saturated rings. The van der Waals surface area contributed by atoms with E-state index in [2.05, 4.69) is 10.3 Å². The predicted octanol–water partition coefficient (Wildman–Crippen LogP) is 2.91. The Morgan fingerprint density at radius 2 is 1.84 bits per heavy atom. The molecule has 0 saturated heterocycles. The molecule has 25 heavy (non-hydrogen) atoms. The van der Waals surface area contributed by atoms with Crippen molar-refractivity contribution in [2.75, 3.05) is 0 Å². The zero-order valence-corrected chi connectivity index (χ0v) is 13.3. The monoisotopic (exact) mass is 331 g/mol. The molecule has 0 radical (unpaired) electrons. The van der Waals surface area contributed by atoms with Crippen LogP contribution in [0.4, 0.5) is 0 Å². The number of benzene rings is 2. The van der Waals surface area contributed by atoms with Gasteiger partial charge in [0.2, 0.25) is 5.78 Å². The average Bonchev–Trinajstić information content (AvgIpc) is 3.11. The number of fused-ring (bicyclic) bond motifs is 1. The van der Waals surface area contributed by atoms with Gasteiger partial charge in [-0.3, -0.25) is 4.79 Å². The molecule has 0 aliphatic rings. The highest BCUT2D eigenvalue weighted by molar-refractivity contribution is 6.08. The number of ketones is 1. The van der Waals surface area contributed by atoms with Crippen LogP contribution >= 0.6 is 0 Å². The summed E-state index contributed by atoms with van der Waals surface area (Å²) < 4.78 is 6.70. The van der Waals surface area contributed by atoms with Gasteiger partial charge in [-0.2, -0.15) is 0 Å². The van der Waals surface area contributed by atoms with Gasteiger partial charge in [-0.25, -0.2) is 9.48 Å². The van der Waals surface area contributed by atoms with Gasteiger partial charge in [0.1, 0.15) is 11.1 Å². The van der Waals surface area contributed by atoms with E-state index in [-0.39, 0.29) is 11.3 Å². The molecule has 4 rings (SSSR count). The van der Waals surface area contributed by atoms with Crippen molar-refractivity contribution < 1.29 is 9.21 Å². The average molecular weight is 331 g/mol. The van der Waals surface area contributed by atoms with Crippen LogP contribution in [-0.2, 0) is 0 Å². The third-order valence-electron chi connectivity index (χ3n) is 3.91. The third kappa shape index (κ3) is 2.74. The number of hydrogen-bond acceptors (Lipinski definition) is 5. The van der Waals surface area contributed by atoms with Crippen LogP contribution < -0.4 is 5.63 Å². The van der Waals surface area contributed by atoms with Gasteiger partial charge in [-0.05, 0) is 31.2 Å². The minimum absolute atomic E-state index is 0.0605. The van der Waals surface area contributed by atoms with Gasteiger partial charge in [-0.15, -0.1) is 5.10 Å². The van der Waals surface area contributed by atoms with E-state index >= 15 is 0 Å². The standard InChI is InChI=1S/C19H13N3O3/c1-12-6-8-14(9-7-12)22-11-16(20-21-22)18(23)15-10-13-4-2-3-5-17(13)25-19(15)24/h2-11H,1H3. The van der Waals surface area contributed by atoms with Crippen LogP contribution in [-0.4, -0.2) is 20.8 Å². The van der Waals surface area contributed by atoms with Gasteiger partial charge >= 0.3 is 5.63 Å². The first-order valence-electron chi connectivity index (χ1n) is 7.69. The molecular formula is C19H13N3O3. The minimum Gasteiger partial charge on any atom is -0.422 e. The Kier molecular flexibility index (Phi) is 3.50. The fourth-order valence-corrected chi connectivity index (χ4v) is 2.55. The maximum absolute atomic E-state index is 12.6. The van der Waals surface area contributed by atoms with E-state index in [4.69, 9.17) is 4.42 Å². The van der Waals surface area contributed by atoms with E-state index in [0.29, 0.717) is 11.0 Å². The van der Waals surface area contributed by atoms with Crippen LogP contribution in [0.3, 0.4) is 0 Å². The van der Waals surface area contributed by atoms with Crippen LogP contribution in [0.15, 0.2) is 70.0 Å². The Morgan fingerprint density at radius 3 is 2.64 bits per heavy atom. The number of nitrogens with zero attached hydrogens (tertiary/aromatic N) is 3. The zero-order valence-electron chi connectivity index (χ0n) is 13.3. The summed E-state index contributed by atoms with van der Waals surface area (Å²) in [4.78, 5) is 24.8.